The fraction of sp³-hybridized carbons (Fsp3) is 0.318. The maximum atomic E-state index is 13.1. The van der Waals surface area contributed by atoms with Crippen molar-refractivity contribution in [3.8, 4) is 5.75 Å². The number of amides is 1. The van der Waals surface area contributed by atoms with Crippen LogP contribution in [0, 0.1) is 0 Å². The number of carbonyl (C=O) groups is 1. The van der Waals surface area contributed by atoms with Crippen LogP contribution in [0.4, 0.5) is 0 Å². The van der Waals surface area contributed by atoms with Gasteiger partial charge in [0.2, 0.25) is 0 Å². The van der Waals surface area contributed by atoms with E-state index < -0.39 is 0 Å². The first-order valence-electron chi connectivity index (χ1n) is 9.56. The monoisotopic (exact) mass is 413 g/mol. The van der Waals surface area contributed by atoms with Crippen LogP contribution in [-0.4, -0.2) is 34.0 Å². The Labute approximate surface area is 174 Å². The first-order valence-corrected chi connectivity index (χ1v) is 9.94. The summed E-state index contributed by atoms with van der Waals surface area (Å²) in [6.45, 7) is 6.61. The predicted molar refractivity (Wildman–Crippen MR) is 115 cm³/mol. The highest BCUT2D eigenvalue weighted by Gasteiger charge is 2.25. The number of halogens is 1. The number of rotatable bonds is 6. The number of methoxy groups -OCH3 is 1. The minimum atomic E-state index is -0.387. The molecule has 7 heteroatoms. The summed E-state index contributed by atoms with van der Waals surface area (Å²) in [4.78, 5) is 32.6. The van der Waals surface area contributed by atoms with E-state index in [2.05, 4.69) is 0 Å². The van der Waals surface area contributed by atoms with Crippen LogP contribution >= 0.6 is 11.6 Å². The van der Waals surface area contributed by atoms with Gasteiger partial charge in [-0.15, -0.1) is 0 Å². The van der Waals surface area contributed by atoms with Crippen molar-refractivity contribution in [3.63, 3.8) is 0 Å². The topological polar surface area (TPSA) is 64.4 Å². The molecule has 0 radical (unpaired) electrons. The Hall–Kier alpha value is -2.86. The number of aromatic nitrogens is 2. The van der Waals surface area contributed by atoms with Gasteiger partial charge in [0.1, 0.15) is 11.6 Å². The van der Waals surface area contributed by atoms with E-state index >= 15 is 0 Å². The van der Waals surface area contributed by atoms with E-state index in [0.29, 0.717) is 46.2 Å². The molecule has 0 saturated carbocycles. The van der Waals surface area contributed by atoms with Crippen LogP contribution in [0.15, 0.2) is 47.3 Å². The number of hydrogen-bond acceptors (Lipinski definition) is 4. The lowest BCUT2D eigenvalue weighted by molar-refractivity contribution is 0.0691. The quantitative estimate of drug-likeness (QED) is 0.604. The first-order chi connectivity index (χ1) is 13.9. The minimum Gasteiger partial charge on any atom is -0.497 e. The fourth-order valence-corrected chi connectivity index (χ4v) is 3.64. The molecule has 0 spiro atoms. The molecule has 0 aliphatic rings. The lowest BCUT2D eigenvalue weighted by Gasteiger charge is -2.29. The molecule has 0 N–H and O–H groups in total. The van der Waals surface area contributed by atoms with Gasteiger partial charge >= 0.3 is 0 Å². The van der Waals surface area contributed by atoms with E-state index in [-0.39, 0.29) is 17.5 Å². The molecule has 1 aromatic heterocycles. The highest BCUT2D eigenvalue weighted by atomic mass is 35.5. The van der Waals surface area contributed by atoms with Crippen LogP contribution in [-0.2, 0) is 6.54 Å². The van der Waals surface area contributed by atoms with Crippen molar-refractivity contribution in [3.05, 3.63) is 69.2 Å². The van der Waals surface area contributed by atoms with Crippen LogP contribution < -0.4 is 10.3 Å². The van der Waals surface area contributed by atoms with Crippen molar-refractivity contribution < 1.29 is 9.53 Å². The second-order valence-corrected chi connectivity index (χ2v) is 7.11. The summed E-state index contributed by atoms with van der Waals surface area (Å²) in [5.41, 5.74) is 0.964. The molecule has 1 atom stereocenters. The van der Waals surface area contributed by atoms with Gasteiger partial charge in [-0.1, -0.05) is 11.6 Å². The van der Waals surface area contributed by atoms with Crippen molar-refractivity contribution in [2.75, 3.05) is 13.7 Å². The van der Waals surface area contributed by atoms with E-state index in [0.717, 1.165) is 0 Å². The third-order valence-corrected chi connectivity index (χ3v) is 5.28. The van der Waals surface area contributed by atoms with E-state index in [1.807, 2.05) is 20.8 Å². The van der Waals surface area contributed by atoms with Gasteiger partial charge in [-0.2, -0.15) is 0 Å². The molecule has 152 valence electrons. The standard InChI is InChI=1S/C22H24ClN3O3/c1-5-25(21(27)15-7-10-17(29-4)11-8-15)14(3)20-24-19-12-9-16(23)13-18(19)22(28)26(20)6-2/h7-14H,5-6H2,1-4H3. The van der Waals surface area contributed by atoms with Crippen molar-refractivity contribution >= 4 is 28.4 Å². The van der Waals surface area contributed by atoms with E-state index in [4.69, 9.17) is 21.3 Å². The molecular formula is C22H24ClN3O3. The molecule has 0 fully saturated rings. The van der Waals surface area contributed by atoms with Gasteiger partial charge < -0.3 is 9.64 Å². The normalized spacial score (nSPS) is 12.0. The Morgan fingerprint density at radius 3 is 2.48 bits per heavy atom. The number of hydrogen-bond donors (Lipinski definition) is 0. The Morgan fingerprint density at radius 1 is 1.21 bits per heavy atom. The van der Waals surface area contributed by atoms with Gasteiger partial charge in [-0.25, -0.2) is 4.98 Å². The minimum absolute atomic E-state index is 0.129. The number of nitrogens with zero attached hydrogens (tertiary/aromatic N) is 3. The molecule has 29 heavy (non-hydrogen) atoms. The smallest absolute Gasteiger partial charge is 0.261 e. The first kappa shape index (κ1) is 20.9. The number of ether oxygens (including phenoxy) is 1. The van der Waals surface area contributed by atoms with Crippen LogP contribution in [0.2, 0.25) is 5.02 Å². The second-order valence-electron chi connectivity index (χ2n) is 6.68. The highest BCUT2D eigenvalue weighted by molar-refractivity contribution is 6.31. The summed E-state index contributed by atoms with van der Waals surface area (Å²) in [6.07, 6.45) is 0. The largest absolute Gasteiger partial charge is 0.497 e. The fourth-order valence-electron chi connectivity index (χ4n) is 3.47. The molecule has 0 bridgehead atoms. The maximum absolute atomic E-state index is 13.1. The summed E-state index contributed by atoms with van der Waals surface area (Å²) < 4.78 is 6.77. The Kier molecular flexibility index (Phi) is 6.23. The van der Waals surface area contributed by atoms with E-state index in [1.54, 1.807) is 59.0 Å². The van der Waals surface area contributed by atoms with E-state index in [9.17, 15) is 9.59 Å². The molecule has 0 aliphatic carbocycles. The van der Waals surface area contributed by atoms with Gasteiger partial charge in [-0.05, 0) is 63.2 Å². The molecule has 1 unspecified atom stereocenters. The maximum Gasteiger partial charge on any atom is 0.261 e. The molecule has 1 heterocycles. The summed E-state index contributed by atoms with van der Waals surface area (Å²) in [6, 6.07) is 11.7. The summed E-state index contributed by atoms with van der Waals surface area (Å²) in [5, 5.41) is 0.963. The van der Waals surface area contributed by atoms with Crippen LogP contribution in [0.1, 0.15) is 43.0 Å². The van der Waals surface area contributed by atoms with Crippen molar-refractivity contribution in [2.45, 2.75) is 33.4 Å². The van der Waals surface area contributed by atoms with Crippen molar-refractivity contribution in [2.24, 2.45) is 0 Å². The van der Waals surface area contributed by atoms with Gasteiger partial charge in [0.15, 0.2) is 0 Å². The van der Waals surface area contributed by atoms with Crippen LogP contribution in [0.3, 0.4) is 0 Å². The lowest BCUT2D eigenvalue weighted by atomic mass is 10.1. The lowest BCUT2D eigenvalue weighted by Crippen LogP contribution is -2.37. The zero-order chi connectivity index (χ0) is 21.1. The van der Waals surface area contributed by atoms with Gasteiger partial charge in [-0.3, -0.25) is 14.2 Å². The SMILES string of the molecule is CCN(C(=O)c1ccc(OC)cc1)C(C)c1nc2ccc(Cl)cc2c(=O)n1CC. The Morgan fingerprint density at radius 2 is 1.90 bits per heavy atom. The van der Waals surface area contributed by atoms with Crippen LogP contribution in [0.25, 0.3) is 10.9 Å². The highest BCUT2D eigenvalue weighted by Crippen LogP contribution is 2.24. The molecule has 0 aliphatic heterocycles. The van der Waals surface area contributed by atoms with Gasteiger partial charge in [0.25, 0.3) is 11.5 Å². The average Bonchev–Trinajstić information content (AvgIpc) is 2.74. The van der Waals surface area contributed by atoms with Gasteiger partial charge in [0.05, 0.1) is 24.1 Å². The number of fused-ring (bicyclic) bond motifs is 1. The second kappa shape index (κ2) is 8.66. The van der Waals surface area contributed by atoms with Crippen molar-refractivity contribution in [1.82, 2.24) is 14.5 Å². The Balaban J connectivity index is 2.05. The third kappa shape index (κ3) is 3.98. The molecule has 3 aromatic rings. The zero-order valence-corrected chi connectivity index (χ0v) is 17.7. The summed E-state index contributed by atoms with van der Waals surface area (Å²) in [5.74, 6) is 1.11. The predicted octanol–water partition coefficient (Wildman–Crippen LogP) is 4.30. The molecule has 6 nitrogen and oxygen atoms in total. The molecular weight excluding hydrogens is 390 g/mol. The van der Waals surface area contributed by atoms with E-state index in [1.165, 1.54) is 0 Å². The van der Waals surface area contributed by atoms with Gasteiger partial charge in [0, 0.05) is 23.7 Å². The number of carbonyl (C=O) groups excluding carboxylic acids is 1. The van der Waals surface area contributed by atoms with Crippen LogP contribution in [0.5, 0.6) is 5.75 Å². The summed E-state index contributed by atoms with van der Waals surface area (Å²) >= 11 is 6.05. The molecule has 3 rings (SSSR count). The average molecular weight is 414 g/mol. The molecule has 2 aromatic carbocycles. The van der Waals surface area contributed by atoms with Crippen molar-refractivity contribution in [1.29, 1.82) is 0 Å². The zero-order valence-electron chi connectivity index (χ0n) is 17.0. The summed E-state index contributed by atoms with van der Waals surface area (Å²) in [7, 11) is 1.58. The Bertz CT molecular complexity index is 1090. The number of benzene rings is 2. The molecule has 0 saturated heterocycles. The third-order valence-electron chi connectivity index (χ3n) is 5.04. The molecule has 1 amide bonds.